The van der Waals surface area contributed by atoms with Crippen LogP contribution in [0.2, 0.25) is 0 Å². The fourth-order valence-corrected chi connectivity index (χ4v) is 4.94. The van der Waals surface area contributed by atoms with Gasteiger partial charge in [-0.05, 0) is 68.4 Å². The fourth-order valence-electron chi connectivity index (χ4n) is 4.94. The first-order valence-electron chi connectivity index (χ1n) is 9.93. The van der Waals surface area contributed by atoms with E-state index in [-0.39, 0.29) is 0 Å². The van der Waals surface area contributed by atoms with Crippen molar-refractivity contribution in [2.45, 2.75) is 85.0 Å². The molecule has 2 saturated carbocycles. The maximum atomic E-state index is 3.73. The molecule has 0 heterocycles. The summed E-state index contributed by atoms with van der Waals surface area (Å²) in [5.74, 6) is 4.93. The lowest BCUT2D eigenvalue weighted by molar-refractivity contribution is 0.0895. The topological polar surface area (TPSA) is 12.0 Å². The third-order valence-electron chi connectivity index (χ3n) is 6.37. The molecule has 0 saturated heterocycles. The summed E-state index contributed by atoms with van der Waals surface area (Å²) < 4.78 is 0. The highest BCUT2D eigenvalue weighted by atomic mass is 14.9. The quantitative estimate of drug-likeness (QED) is 0.493. The number of hydrogen-bond donors (Lipinski definition) is 1. The SMILES string of the molecule is CCCNCC1CCC(C(C)C)CC1C1CCCCCC1. The molecule has 2 aliphatic carbocycles. The Morgan fingerprint density at radius 3 is 2.29 bits per heavy atom. The molecule has 2 aliphatic rings. The minimum absolute atomic E-state index is 0.892. The highest BCUT2D eigenvalue weighted by molar-refractivity contribution is 4.87. The molecule has 124 valence electrons. The molecule has 21 heavy (non-hydrogen) atoms. The van der Waals surface area contributed by atoms with Crippen molar-refractivity contribution in [2.24, 2.45) is 29.6 Å². The highest BCUT2D eigenvalue weighted by Gasteiger charge is 2.36. The zero-order valence-corrected chi connectivity index (χ0v) is 14.9. The largest absolute Gasteiger partial charge is 0.316 e. The Morgan fingerprint density at radius 2 is 1.67 bits per heavy atom. The zero-order valence-electron chi connectivity index (χ0n) is 14.9. The van der Waals surface area contributed by atoms with Gasteiger partial charge < -0.3 is 5.32 Å². The van der Waals surface area contributed by atoms with Crippen molar-refractivity contribution in [1.82, 2.24) is 5.32 Å². The van der Waals surface area contributed by atoms with Gasteiger partial charge in [0, 0.05) is 0 Å². The van der Waals surface area contributed by atoms with Crippen molar-refractivity contribution in [3.05, 3.63) is 0 Å². The summed E-state index contributed by atoms with van der Waals surface area (Å²) in [6.45, 7) is 9.68. The van der Waals surface area contributed by atoms with Crippen molar-refractivity contribution in [3.63, 3.8) is 0 Å². The van der Waals surface area contributed by atoms with E-state index in [0.717, 1.165) is 29.6 Å². The molecule has 0 aromatic heterocycles. The van der Waals surface area contributed by atoms with Crippen LogP contribution in [0.4, 0.5) is 0 Å². The average molecular weight is 294 g/mol. The molecule has 0 amide bonds. The molecule has 0 radical (unpaired) electrons. The Hall–Kier alpha value is -0.0400. The molecule has 1 nitrogen and oxygen atoms in total. The second-order valence-corrected chi connectivity index (χ2v) is 8.20. The van der Waals surface area contributed by atoms with Gasteiger partial charge >= 0.3 is 0 Å². The van der Waals surface area contributed by atoms with E-state index in [1.54, 1.807) is 0 Å². The maximum Gasteiger partial charge on any atom is -0.00178 e. The predicted molar refractivity (Wildman–Crippen MR) is 93.5 cm³/mol. The van der Waals surface area contributed by atoms with E-state index in [0.29, 0.717) is 0 Å². The highest BCUT2D eigenvalue weighted by Crippen LogP contribution is 2.44. The van der Waals surface area contributed by atoms with E-state index < -0.39 is 0 Å². The van der Waals surface area contributed by atoms with Crippen LogP contribution in [0.15, 0.2) is 0 Å². The summed E-state index contributed by atoms with van der Waals surface area (Å²) in [6.07, 6.45) is 14.8. The van der Waals surface area contributed by atoms with Crippen LogP contribution in [0, 0.1) is 29.6 Å². The van der Waals surface area contributed by atoms with Crippen LogP contribution >= 0.6 is 0 Å². The molecule has 3 atom stereocenters. The molecule has 3 unspecified atom stereocenters. The van der Waals surface area contributed by atoms with Crippen LogP contribution in [0.5, 0.6) is 0 Å². The van der Waals surface area contributed by atoms with Crippen LogP contribution in [-0.2, 0) is 0 Å². The van der Waals surface area contributed by atoms with Gasteiger partial charge in [-0.3, -0.25) is 0 Å². The predicted octanol–water partition coefficient (Wildman–Crippen LogP) is 5.64. The minimum Gasteiger partial charge on any atom is -0.316 e. The maximum absolute atomic E-state index is 3.73. The number of hydrogen-bond acceptors (Lipinski definition) is 1. The lowest BCUT2D eigenvalue weighted by Gasteiger charge is -2.42. The van der Waals surface area contributed by atoms with E-state index >= 15 is 0 Å². The third kappa shape index (κ3) is 5.27. The summed E-state index contributed by atoms with van der Waals surface area (Å²) in [7, 11) is 0. The van der Waals surface area contributed by atoms with E-state index in [4.69, 9.17) is 0 Å². The van der Waals surface area contributed by atoms with Gasteiger partial charge in [-0.15, -0.1) is 0 Å². The first-order chi connectivity index (χ1) is 10.2. The minimum atomic E-state index is 0.892. The molecule has 2 fully saturated rings. The van der Waals surface area contributed by atoms with Gasteiger partial charge in [-0.2, -0.15) is 0 Å². The van der Waals surface area contributed by atoms with Gasteiger partial charge in [0.05, 0.1) is 0 Å². The Kier molecular flexibility index (Phi) is 7.57. The molecule has 1 heteroatoms. The number of rotatable bonds is 6. The van der Waals surface area contributed by atoms with E-state index in [1.807, 2.05) is 0 Å². The van der Waals surface area contributed by atoms with E-state index in [1.165, 1.54) is 77.3 Å². The molecule has 0 aromatic rings. The summed E-state index contributed by atoms with van der Waals surface area (Å²) in [5, 5.41) is 3.73. The van der Waals surface area contributed by atoms with Crippen LogP contribution < -0.4 is 5.32 Å². The molecule has 0 spiro atoms. The monoisotopic (exact) mass is 293 g/mol. The van der Waals surface area contributed by atoms with E-state index in [9.17, 15) is 0 Å². The molecule has 0 aliphatic heterocycles. The van der Waals surface area contributed by atoms with E-state index in [2.05, 4.69) is 26.1 Å². The lowest BCUT2D eigenvalue weighted by Crippen LogP contribution is -2.38. The van der Waals surface area contributed by atoms with Gasteiger partial charge in [0.1, 0.15) is 0 Å². The first kappa shape index (κ1) is 17.3. The van der Waals surface area contributed by atoms with Crippen molar-refractivity contribution in [2.75, 3.05) is 13.1 Å². The van der Waals surface area contributed by atoms with Crippen LogP contribution in [0.1, 0.15) is 85.0 Å². The second kappa shape index (κ2) is 9.18. The van der Waals surface area contributed by atoms with Crippen molar-refractivity contribution in [1.29, 1.82) is 0 Å². The van der Waals surface area contributed by atoms with Crippen molar-refractivity contribution < 1.29 is 0 Å². The lowest BCUT2D eigenvalue weighted by atomic mass is 9.64. The molecule has 0 bridgehead atoms. The zero-order chi connectivity index (χ0) is 15.1. The van der Waals surface area contributed by atoms with Gasteiger partial charge in [0.15, 0.2) is 0 Å². The Balaban J connectivity index is 1.96. The summed E-state index contributed by atoms with van der Waals surface area (Å²) >= 11 is 0. The molecular weight excluding hydrogens is 254 g/mol. The fraction of sp³-hybridized carbons (Fsp3) is 1.00. The van der Waals surface area contributed by atoms with Crippen molar-refractivity contribution >= 4 is 0 Å². The molecule has 2 rings (SSSR count). The first-order valence-corrected chi connectivity index (χ1v) is 9.93. The Bertz CT molecular complexity index is 265. The second-order valence-electron chi connectivity index (χ2n) is 8.20. The molecular formula is C20H39N. The molecule has 0 aromatic carbocycles. The summed E-state index contributed by atoms with van der Waals surface area (Å²) in [6, 6.07) is 0. The Labute approximate surface area is 133 Å². The average Bonchev–Trinajstić information content (AvgIpc) is 2.76. The van der Waals surface area contributed by atoms with Gasteiger partial charge in [0.25, 0.3) is 0 Å². The Morgan fingerprint density at radius 1 is 0.952 bits per heavy atom. The number of nitrogens with one attached hydrogen (secondary N) is 1. The van der Waals surface area contributed by atoms with Crippen LogP contribution in [0.25, 0.3) is 0 Å². The van der Waals surface area contributed by atoms with Gasteiger partial charge in [0.2, 0.25) is 0 Å². The van der Waals surface area contributed by atoms with Gasteiger partial charge in [-0.1, -0.05) is 59.3 Å². The van der Waals surface area contributed by atoms with Crippen molar-refractivity contribution in [3.8, 4) is 0 Å². The van der Waals surface area contributed by atoms with Crippen LogP contribution in [0.3, 0.4) is 0 Å². The smallest absolute Gasteiger partial charge is 0.00178 e. The van der Waals surface area contributed by atoms with Gasteiger partial charge in [-0.25, -0.2) is 0 Å². The standard InChI is InChI=1S/C20H39N/c1-4-13-21-15-19-12-11-18(16(2)3)14-20(19)17-9-7-5-6-8-10-17/h16-21H,4-15H2,1-3H3. The summed E-state index contributed by atoms with van der Waals surface area (Å²) in [4.78, 5) is 0. The van der Waals surface area contributed by atoms with Crippen LogP contribution in [-0.4, -0.2) is 13.1 Å². The molecule has 1 N–H and O–H groups in total. The summed E-state index contributed by atoms with van der Waals surface area (Å²) in [5.41, 5.74) is 0. The third-order valence-corrected chi connectivity index (χ3v) is 6.37. The normalized spacial score (nSPS) is 32.3.